The van der Waals surface area contributed by atoms with E-state index < -0.39 is 17.8 Å². The highest BCUT2D eigenvalue weighted by atomic mass is 16.5. The van der Waals surface area contributed by atoms with Crippen molar-refractivity contribution in [2.24, 2.45) is 0 Å². The van der Waals surface area contributed by atoms with Crippen LogP contribution in [0.1, 0.15) is 23.6 Å². The lowest BCUT2D eigenvalue weighted by atomic mass is 10.1. The molecule has 2 aromatic carbocycles. The van der Waals surface area contributed by atoms with Crippen LogP contribution in [0.3, 0.4) is 0 Å². The summed E-state index contributed by atoms with van der Waals surface area (Å²) in [5.74, 6) is 0.253. The summed E-state index contributed by atoms with van der Waals surface area (Å²) >= 11 is 0. The van der Waals surface area contributed by atoms with E-state index in [0.29, 0.717) is 36.9 Å². The van der Waals surface area contributed by atoms with E-state index in [1.54, 1.807) is 18.2 Å². The molecule has 2 aromatic rings. The van der Waals surface area contributed by atoms with Crippen molar-refractivity contribution in [2.45, 2.75) is 20.8 Å². The van der Waals surface area contributed by atoms with E-state index >= 15 is 0 Å². The summed E-state index contributed by atoms with van der Waals surface area (Å²) < 4.78 is 17.2. The Hall–Kier alpha value is -3.81. The first-order valence-electron chi connectivity index (χ1n) is 9.85. The summed E-state index contributed by atoms with van der Waals surface area (Å²) in [5, 5.41) is 4.08. The van der Waals surface area contributed by atoms with Gasteiger partial charge in [-0.1, -0.05) is 12.1 Å². The first-order chi connectivity index (χ1) is 14.9. The number of carbonyl (C=O) groups is 3. The average Bonchev–Trinajstić information content (AvgIpc) is 2.72. The predicted molar refractivity (Wildman–Crippen MR) is 114 cm³/mol. The quantitative estimate of drug-likeness (QED) is 0.384. The SMILES string of the molecule is CCOc1cc(C=C2C(=O)NC(=O)NC2=O)ccc1OCCOc1ccc(C)c(C)c1. The normalized spacial score (nSPS) is 13.4. The third-order valence-corrected chi connectivity index (χ3v) is 4.61. The molecule has 0 atom stereocenters. The van der Waals surface area contributed by atoms with E-state index in [0.717, 1.165) is 11.3 Å². The molecule has 1 aliphatic rings. The highest BCUT2D eigenvalue weighted by molar-refractivity contribution is 6.31. The minimum Gasteiger partial charge on any atom is -0.490 e. The van der Waals surface area contributed by atoms with Gasteiger partial charge in [-0.3, -0.25) is 20.2 Å². The van der Waals surface area contributed by atoms with Crippen molar-refractivity contribution < 1.29 is 28.6 Å². The van der Waals surface area contributed by atoms with Crippen LogP contribution in [-0.4, -0.2) is 37.7 Å². The molecule has 1 saturated heterocycles. The lowest BCUT2D eigenvalue weighted by molar-refractivity contribution is -0.123. The zero-order valence-corrected chi connectivity index (χ0v) is 17.6. The Balaban J connectivity index is 1.66. The smallest absolute Gasteiger partial charge is 0.328 e. The zero-order valence-electron chi connectivity index (χ0n) is 17.6. The fourth-order valence-electron chi connectivity index (χ4n) is 2.89. The fourth-order valence-corrected chi connectivity index (χ4v) is 2.89. The molecule has 1 aliphatic heterocycles. The monoisotopic (exact) mass is 424 g/mol. The Labute approximate surface area is 180 Å². The summed E-state index contributed by atoms with van der Waals surface area (Å²) in [6.07, 6.45) is 1.38. The number of rotatable bonds is 8. The van der Waals surface area contributed by atoms with Gasteiger partial charge in [0.15, 0.2) is 11.5 Å². The van der Waals surface area contributed by atoms with Crippen LogP contribution >= 0.6 is 0 Å². The molecule has 8 heteroatoms. The third kappa shape index (κ3) is 5.63. The van der Waals surface area contributed by atoms with Crippen molar-refractivity contribution in [3.63, 3.8) is 0 Å². The van der Waals surface area contributed by atoms with Crippen molar-refractivity contribution in [1.82, 2.24) is 10.6 Å². The first-order valence-corrected chi connectivity index (χ1v) is 9.85. The Morgan fingerprint density at radius 1 is 0.806 bits per heavy atom. The van der Waals surface area contributed by atoms with Crippen molar-refractivity contribution in [3.8, 4) is 17.2 Å². The maximum atomic E-state index is 11.9. The van der Waals surface area contributed by atoms with E-state index in [-0.39, 0.29) is 5.57 Å². The lowest BCUT2D eigenvalue weighted by Crippen LogP contribution is -2.51. The highest BCUT2D eigenvalue weighted by Gasteiger charge is 2.27. The van der Waals surface area contributed by atoms with Crippen molar-refractivity contribution in [2.75, 3.05) is 19.8 Å². The molecule has 31 heavy (non-hydrogen) atoms. The minimum absolute atomic E-state index is 0.169. The molecule has 0 spiro atoms. The maximum Gasteiger partial charge on any atom is 0.328 e. The molecule has 4 amide bonds. The number of nitrogens with one attached hydrogen (secondary N) is 2. The van der Waals surface area contributed by atoms with Crippen LogP contribution in [0.15, 0.2) is 42.0 Å². The van der Waals surface area contributed by atoms with Crippen LogP contribution in [0, 0.1) is 13.8 Å². The van der Waals surface area contributed by atoms with Gasteiger partial charge in [0, 0.05) is 0 Å². The molecule has 0 radical (unpaired) electrons. The molecule has 1 heterocycles. The Kier molecular flexibility index (Phi) is 6.92. The van der Waals surface area contributed by atoms with E-state index in [4.69, 9.17) is 14.2 Å². The van der Waals surface area contributed by atoms with Gasteiger partial charge < -0.3 is 14.2 Å². The molecule has 0 aromatic heterocycles. The van der Waals surface area contributed by atoms with Crippen LogP contribution in [-0.2, 0) is 9.59 Å². The van der Waals surface area contributed by atoms with Gasteiger partial charge in [0.05, 0.1) is 6.61 Å². The van der Waals surface area contributed by atoms with E-state index in [9.17, 15) is 14.4 Å². The molecule has 0 unspecified atom stereocenters. The second-order valence-electron chi connectivity index (χ2n) is 6.88. The van der Waals surface area contributed by atoms with Crippen molar-refractivity contribution in [3.05, 3.63) is 58.7 Å². The van der Waals surface area contributed by atoms with Crippen LogP contribution in [0.2, 0.25) is 0 Å². The molecular formula is C23H24N2O6. The van der Waals surface area contributed by atoms with E-state index in [1.807, 2.05) is 49.6 Å². The third-order valence-electron chi connectivity index (χ3n) is 4.61. The summed E-state index contributed by atoms with van der Waals surface area (Å²) in [4.78, 5) is 35.0. The summed E-state index contributed by atoms with van der Waals surface area (Å²) in [6, 6.07) is 10.1. The topological polar surface area (TPSA) is 103 Å². The van der Waals surface area contributed by atoms with Crippen molar-refractivity contribution in [1.29, 1.82) is 0 Å². The Morgan fingerprint density at radius 2 is 1.52 bits per heavy atom. The molecule has 162 valence electrons. The Bertz CT molecular complexity index is 1020. The van der Waals surface area contributed by atoms with Crippen LogP contribution < -0.4 is 24.8 Å². The lowest BCUT2D eigenvalue weighted by Gasteiger charge is -2.15. The number of aryl methyl sites for hydroxylation is 2. The number of benzene rings is 2. The number of hydrogen-bond acceptors (Lipinski definition) is 6. The molecule has 3 rings (SSSR count). The number of carbonyl (C=O) groups excluding carboxylic acids is 3. The van der Waals surface area contributed by atoms with Gasteiger partial charge in [-0.05, 0) is 67.8 Å². The number of barbiturate groups is 1. The van der Waals surface area contributed by atoms with Gasteiger partial charge in [0.1, 0.15) is 24.5 Å². The zero-order chi connectivity index (χ0) is 22.4. The fraction of sp³-hybridized carbons (Fsp3) is 0.261. The minimum atomic E-state index is -0.839. The number of amides is 4. The van der Waals surface area contributed by atoms with Crippen molar-refractivity contribution >= 4 is 23.9 Å². The van der Waals surface area contributed by atoms with Crippen LogP contribution in [0.4, 0.5) is 4.79 Å². The summed E-state index contributed by atoms with van der Waals surface area (Å²) in [5.41, 5.74) is 2.75. The van der Waals surface area contributed by atoms with Gasteiger partial charge in [-0.25, -0.2) is 4.79 Å². The highest BCUT2D eigenvalue weighted by Crippen LogP contribution is 2.29. The number of urea groups is 1. The van der Waals surface area contributed by atoms with Crippen LogP contribution in [0.5, 0.6) is 17.2 Å². The standard InChI is InChI=1S/C23H24N2O6/c1-4-29-20-13-16(12-18-21(26)24-23(28)25-22(18)27)6-8-19(20)31-10-9-30-17-7-5-14(2)15(3)11-17/h5-8,11-13H,4,9-10H2,1-3H3,(H2,24,25,26,27,28). The largest absolute Gasteiger partial charge is 0.490 e. The maximum absolute atomic E-state index is 11.9. The molecular weight excluding hydrogens is 400 g/mol. The molecule has 2 N–H and O–H groups in total. The number of ether oxygens (including phenoxy) is 3. The number of hydrogen-bond donors (Lipinski definition) is 2. The van der Waals surface area contributed by atoms with Gasteiger partial charge >= 0.3 is 6.03 Å². The first kappa shape index (κ1) is 21.9. The predicted octanol–water partition coefficient (Wildman–Crippen LogP) is 2.91. The molecule has 0 aliphatic carbocycles. The summed E-state index contributed by atoms with van der Waals surface area (Å²) in [6.45, 7) is 6.98. The second-order valence-corrected chi connectivity index (χ2v) is 6.88. The van der Waals surface area contributed by atoms with Gasteiger partial charge in [0.2, 0.25) is 0 Å². The molecule has 8 nitrogen and oxygen atoms in total. The average molecular weight is 424 g/mol. The second kappa shape index (κ2) is 9.80. The van der Waals surface area contributed by atoms with Gasteiger partial charge in [0.25, 0.3) is 11.8 Å². The van der Waals surface area contributed by atoms with Gasteiger partial charge in [-0.2, -0.15) is 0 Å². The summed E-state index contributed by atoms with van der Waals surface area (Å²) in [7, 11) is 0. The molecule has 1 fully saturated rings. The molecule has 0 bridgehead atoms. The van der Waals surface area contributed by atoms with Crippen LogP contribution in [0.25, 0.3) is 6.08 Å². The number of imide groups is 2. The Morgan fingerprint density at radius 3 is 2.19 bits per heavy atom. The van der Waals surface area contributed by atoms with Gasteiger partial charge in [-0.15, -0.1) is 0 Å². The molecule has 0 saturated carbocycles. The van der Waals surface area contributed by atoms with E-state index in [1.165, 1.54) is 11.6 Å². The van der Waals surface area contributed by atoms with E-state index in [2.05, 4.69) is 0 Å².